The van der Waals surface area contributed by atoms with Gasteiger partial charge in [0.1, 0.15) is 16.7 Å². The molecule has 0 aromatic carbocycles. The van der Waals surface area contributed by atoms with E-state index >= 15 is 0 Å². The summed E-state index contributed by atoms with van der Waals surface area (Å²) in [4.78, 5) is 8.54. The SMILES string of the molecule is CC(CO)Sc1cc(N)nc(C(C)C)n1. The van der Waals surface area contributed by atoms with Crippen LogP contribution in [0, 0.1) is 0 Å². The smallest absolute Gasteiger partial charge is 0.134 e. The molecule has 1 unspecified atom stereocenters. The van der Waals surface area contributed by atoms with E-state index in [9.17, 15) is 0 Å². The first-order valence-corrected chi connectivity index (χ1v) is 5.83. The number of nitrogens with two attached hydrogens (primary N) is 1. The Bertz CT molecular complexity index is 330. The Balaban J connectivity index is 2.88. The average molecular weight is 227 g/mol. The molecule has 0 saturated heterocycles. The van der Waals surface area contributed by atoms with Gasteiger partial charge in [-0.1, -0.05) is 20.8 Å². The summed E-state index contributed by atoms with van der Waals surface area (Å²) in [7, 11) is 0. The molecule has 0 bridgehead atoms. The monoisotopic (exact) mass is 227 g/mol. The quantitative estimate of drug-likeness (QED) is 0.604. The van der Waals surface area contributed by atoms with Crippen LogP contribution in [-0.4, -0.2) is 26.9 Å². The molecule has 0 fully saturated rings. The molecular weight excluding hydrogens is 210 g/mol. The number of aliphatic hydroxyl groups excluding tert-OH is 1. The number of thioether (sulfide) groups is 1. The lowest BCUT2D eigenvalue weighted by atomic mass is 10.2. The minimum absolute atomic E-state index is 0.124. The van der Waals surface area contributed by atoms with Crippen molar-refractivity contribution in [2.75, 3.05) is 12.3 Å². The average Bonchev–Trinajstić information content (AvgIpc) is 2.16. The van der Waals surface area contributed by atoms with Crippen molar-refractivity contribution in [2.45, 2.75) is 37.0 Å². The van der Waals surface area contributed by atoms with Crippen molar-refractivity contribution in [2.24, 2.45) is 0 Å². The number of aromatic nitrogens is 2. The standard InChI is InChI=1S/C10H17N3OS/c1-6(2)10-12-8(11)4-9(13-10)15-7(3)5-14/h4,6-7,14H,5H2,1-3H3,(H2,11,12,13). The summed E-state index contributed by atoms with van der Waals surface area (Å²) in [6.45, 7) is 6.13. The summed E-state index contributed by atoms with van der Waals surface area (Å²) >= 11 is 1.51. The molecule has 1 aromatic rings. The van der Waals surface area contributed by atoms with Gasteiger partial charge in [-0.05, 0) is 0 Å². The maximum atomic E-state index is 8.95. The molecule has 0 aliphatic heterocycles. The van der Waals surface area contributed by atoms with E-state index in [1.165, 1.54) is 11.8 Å². The predicted molar refractivity (Wildman–Crippen MR) is 62.9 cm³/mol. The van der Waals surface area contributed by atoms with Crippen molar-refractivity contribution in [1.82, 2.24) is 9.97 Å². The molecule has 1 atom stereocenters. The molecule has 0 aliphatic rings. The number of aliphatic hydroxyl groups is 1. The van der Waals surface area contributed by atoms with Gasteiger partial charge in [-0.25, -0.2) is 9.97 Å². The summed E-state index contributed by atoms with van der Waals surface area (Å²) < 4.78 is 0. The van der Waals surface area contributed by atoms with E-state index < -0.39 is 0 Å². The predicted octanol–water partition coefficient (Wildman–Crippen LogP) is 1.66. The van der Waals surface area contributed by atoms with Crippen molar-refractivity contribution in [1.29, 1.82) is 0 Å². The van der Waals surface area contributed by atoms with Crippen LogP contribution in [0.15, 0.2) is 11.1 Å². The molecule has 0 amide bonds. The number of nitrogen functional groups attached to an aromatic ring is 1. The van der Waals surface area contributed by atoms with Crippen LogP contribution in [0.1, 0.15) is 32.5 Å². The topological polar surface area (TPSA) is 72.0 Å². The Morgan fingerprint density at radius 3 is 2.60 bits per heavy atom. The fourth-order valence-electron chi connectivity index (χ4n) is 1.02. The lowest BCUT2D eigenvalue weighted by molar-refractivity contribution is 0.300. The van der Waals surface area contributed by atoms with Gasteiger partial charge in [-0.2, -0.15) is 0 Å². The number of anilines is 1. The second-order valence-corrected chi connectivity index (χ2v) is 5.21. The van der Waals surface area contributed by atoms with Crippen LogP contribution in [0.2, 0.25) is 0 Å². The Morgan fingerprint density at radius 1 is 1.40 bits per heavy atom. The van der Waals surface area contributed by atoms with Crippen LogP contribution >= 0.6 is 11.8 Å². The number of rotatable bonds is 4. The van der Waals surface area contributed by atoms with Gasteiger partial charge in [-0.15, -0.1) is 11.8 Å². The van der Waals surface area contributed by atoms with Crippen molar-refractivity contribution >= 4 is 17.6 Å². The van der Waals surface area contributed by atoms with E-state index in [4.69, 9.17) is 10.8 Å². The highest BCUT2D eigenvalue weighted by Gasteiger charge is 2.09. The second-order valence-electron chi connectivity index (χ2n) is 3.75. The van der Waals surface area contributed by atoms with E-state index in [0.717, 1.165) is 10.9 Å². The molecular formula is C10H17N3OS. The fourth-order valence-corrected chi connectivity index (χ4v) is 1.85. The molecule has 15 heavy (non-hydrogen) atoms. The molecule has 0 saturated carbocycles. The van der Waals surface area contributed by atoms with Crippen LogP contribution in [-0.2, 0) is 0 Å². The lowest BCUT2D eigenvalue weighted by Crippen LogP contribution is -2.06. The van der Waals surface area contributed by atoms with Crippen molar-refractivity contribution in [3.05, 3.63) is 11.9 Å². The molecule has 84 valence electrons. The molecule has 0 aliphatic carbocycles. The normalized spacial score (nSPS) is 13.1. The maximum absolute atomic E-state index is 8.95. The molecule has 3 N–H and O–H groups in total. The van der Waals surface area contributed by atoms with E-state index in [0.29, 0.717) is 5.82 Å². The summed E-state index contributed by atoms with van der Waals surface area (Å²) in [5, 5.41) is 9.90. The van der Waals surface area contributed by atoms with Gasteiger partial charge in [0.2, 0.25) is 0 Å². The summed E-state index contributed by atoms with van der Waals surface area (Å²) in [5.74, 6) is 1.50. The van der Waals surface area contributed by atoms with Gasteiger partial charge in [-0.3, -0.25) is 0 Å². The molecule has 0 spiro atoms. The summed E-state index contributed by atoms with van der Waals surface area (Å²) in [5.41, 5.74) is 5.69. The molecule has 0 radical (unpaired) electrons. The van der Waals surface area contributed by atoms with E-state index in [-0.39, 0.29) is 17.8 Å². The Hall–Kier alpha value is -0.810. The van der Waals surface area contributed by atoms with Crippen molar-refractivity contribution in [3.8, 4) is 0 Å². The largest absolute Gasteiger partial charge is 0.395 e. The van der Waals surface area contributed by atoms with Crippen LogP contribution < -0.4 is 5.73 Å². The summed E-state index contributed by atoms with van der Waals surface area (Å²) in [6, 6.07) is 1.74. The van der Waals surface area contributed by atoms with E-state index in [2.05, 4.69) is 9.97 Å². The highest BCUT2D eigenvalue weighted by molar-refractivity contribution is 7.99. The zero-order chi connectivity index (χ0) is 11.4. The van der Waals surface area contributed by atoms with E-state index in [1.807, 2.05) is 20.8 Å². The minimum Gasteiger partial charge on any atom is -0.395 e. The van der Waals surface area contributed by atoms with Crippen LogP contribution in [0.3, 0.4) is 0 Å². The molecule has 1 aromatic heterocycles. The number of hydrogen-bond donors (Lipinski definition) is 2. The van der Waals surface area contributed by atoms with Gasteiger partial charge in [0.25, 0.3) is 0 Å². The minimum atomic E-state index is 0.124. The molecule has 4 nitrogen and oxygen atoms in total. The molecule has 1 rings (SSSR count). The third-order valence-electron chi connectivity index (χ3n) is 1.84. The van der Waals surface area contributed by atoms with Crippen molar-refractivity contribution < 1.29 is 5.11 Å². The zero-order valence-corrected chi connectivity index (χ0v) is 10.1. The lowest BCUT2D eigenvalue weighted by Gasteiger charge is -2.10. The molecule has 1 heterocycles. The first kappa shape index (κ1) is 12.3. The van der Waals surface area contributed by atoms with Crippen molar-refractivity contribution in [3.63, 3.8) is 0 Å². The molecule has 5 heteroatoms. The van der Waals surface area contributed by atoms with Gasteiger partial charge in [0.05, 0.1) is 6.61 Å². The fraction of sp³-hybridized carbons (Fsp3) is 0.600. The Morgan fingerprint density at radius 2 is 2.07 bits per heavy atom. The highest BCUT2D eigenvalue weighted by Crippen LogP contribution is 2.23. The van der Waals surface area contributed by atoms with Crippen LogP contribution in [0.5, 0.6) is 0 Å². The number of hydrogen-bond acceptors (Lipinski definition) is 5. The first-order valence-electron chi connectivity index (χ1n) is 4.95. The van der Waals surface area contributed by atoms with E-state index in [1.54, 1.807) is 6.07 Å². The van der Waals surface area contributed by atoms with Gasteiger partial charge in [0.15, 0.2) is 0 Å². The number of nitrogens with zero attached hydrogens (tertiary/aromatic N) is 2. The highest BCUT2D eigenvalue weighted by atomic mass is 32.2. The van der Waals surface area contributed by atoms with Gasteiger partial charge >= 0.3 is 0 Å². The first-order chi connectivity index (χ1) is 7.02. The maximum Gasteiger partial charge on any atom is 0.134 e. The van der Waals surface area contributed by atoms with Gasteiger partial charge in [0, 0.05) is 17.2 Å². The zero-order valence-electron chi connectivity index (χ0n) is 9.27. The van der Waals surface area contributed by atoms with Gasteiger partial charge < -0.3 is 10.8 Å². The Labute approximate surface area is 94.3 Å². The Kier molecular flexibility index (Phi) is 4.35. The third kappa shape index (κ3) is 3.68. The third-order valence-corrected chi connectivity index (χ3v) is 2.84. The summed E-state index contributed by atoms with van der Waals surface area (Å²) in [6.07, 6.45) is 0. The van der Waals surface area contributed by atoms with Crippen LogP contribution in [0.25, 0.3) is 0 Å². The van der Waals surface area contributed by atoms with Crippen LogP contribution in [0.4, 0.5) is 5.82 Å². The second kappa shape index (κ2) is 5.32.